The lowest BCUT2D eigenvalue weighted by molar-refractivity contribution is -0.144. The molecule has 5 aromatic rings. The fourth-order valence-electron chi connectivity index (χ4n) is 9.99. The van der Waals surface area contributed by atoms with E-state index in [-0.39, 0.29) is 48.0 Å². The van der Waals surface area contributed by atoms with Gasteiger partial charge in [0.2, 0.25) is 39.6 Å². The summed E-state index contributed by atoms with van der Waals surface area (Å²) in [5.41, 5.74) is 6.82. The quantitative estimate of drug-likeness (QED) is 0.0258. The lowest BCUT2D eigenvalue weighted by Gasteiger charge is -2.35. The molecule has 4 amide bonds. The number of hydrogen-bond acceptors (Lipinski definition) is 15. The van der Waals surface area contributed by atoms with Gasteiger partial charge in [0.15, 0.2) is 0 Å². The number of anilines is 5. The highest BCUT2D eigenvalue weighted by Gasteiger charge is 2.44. The Labute approximate surface area is 483 Å². The van der Waals surface area contributed by atoms with Crippen LogP contribution in [-0.4, -0.2) is 131 Å². The number of nitrogens with zero attached hydrogens (tertiary/aromatic N) is 6. The van der Waals surface area contributed by atoms with E-state index in [0.717, 1.165) is 110 Å². The summed E-state index contributed by atoms with van der Waals surface area (Å²) in [6.45, 7) is 19.4. The molecule has 0 radical (unpaired) electrons. The van der Waals surface area contributed by atoms with Crippen LogP contribution in [0.3, 0.4) is 0 Å². The number of sulfonamides is 1. The van der Waals surface area contributed by atoms with Gasteiger partial charge in [-0.1, -0.05) is 89.6 Å². The molecule has 2 aliphatic heterocycles. The summed E-state index contributed by atoms with van der Waals surface area (Å²) in [6.07, 6.45) is 9.13. The average molecular weight is 1150 g/mol. The topological polar surface area (TPSA) is 243 Å². The first-order valence-electron chi connectivity index (χ1n) is 28.4. The van der Waals surface area contributed by atoms with Gasteiger partial charge in [-0.2, -0.15) is 4.98 Å². The van der Waals surface area contributed by atoms with E-state index in [9.17, 15) is 32.7 Å². The van der Waals surface area contributed by atoms with Gasteiger partial charge in [0.1, 0.15) is 17.9 Å². The van der Waals surface area contributed by atoms with Crippen LogP contribution < -0.4 is 36.2 Å². The second-order valence-corrected chi connectivity index (χ2v) is 26.1. The number of carbonyl (C=O) groups excluding carboxylic acids is 4. The molecule has 438 valence electrons. The van der Waals surface area contributed by atoms with Crippen molar-refractivity contribution in [1.29, 1.82) is 0 Å². The third-order valence-electron chi connectivity index (χ3n) is 14.4. The number of β-amino-alcohol motifs (C(OH)–C–C–N with tert-alkyl or cyclic N) is 1. The van der Waals surface area contributed by atoms with Gasteiger partial charge in [0.05, 0.1) is 33.6 Å². The molecule has 0 bridgehead atoms. The molecule has 2 aliphatic rings. The Balaban J connectivity index is 0.722. The van der Waals surface area contributed by atoms with Crippen LogP contribution in [0, 0.1) is 19.3 Å². The van der Waals surface area contributed by atoms with Crippen molar-refractivity contribution < 1.29 is 32.7 Å². The van der Waals surface area contributed by atoms with Crippen LogP contribution in [0.5, 0.6) is 0 Å². The van der Waals surface area contributed by atoms with Crippen molar-refractivity contribution in [2.45, 2.75) is 155 Å². The van der Waals surface area contributed by atoms with Crippen LogP contribution in [0.2, 0.25) is 0 Å². The van der Waals surface area contributed by atoms with E-state index < -0.39 is 39.2 Å². The highest BCUT2D eigenvalue weighted by molar-refractivity contribution is 7.89. The van der Waals surface area contributed by atoms with Crippen molar-refractivity contribution >= 4 is 73.8 Å². The van der Waals surface area contributed by atoms with Gasteiger partial charge in [-0.15, -0.1) is 11.3 Å². The summed E-state index contributed by atoms with van der Waals surface area (Å²) in [5, 5.41) is 26.2. The molecule has 2 aromatic heterocycles. The lowest BCUT2D eigenvalue weighted by atomic mass is 9.85. The lowest BCUT2D eigenvalue weighted by Crippen LogP contribution is -2.57. The Morgan fingerprint density at radius 1 is 0.778 bits per heavy atom. The van der Waals surface area contributed by atoms with Gasteiger partial charge >= 0.3 is 0 Å². The monoisotopic (exact) mass is 1150 g/mol. The predicted octanol–water partition coefficient (Wildman–Crippen LogP) is 8.34. The second kappa shape index (κ2) is 28.5. The third kappa shape index (κ3) is 18.8. The number of nitrogens with one attached hydrogen (secondary N) is 6. The zero-order valence-corrected chi connectivity index (χ0v) is 50.1. The molecule has 7 rings (SSSR count). The van der Waals surface area contributed by atoms with Crippen LogP contribution in [0.4, 0.5) is 28.8 Å². The molecule has 7 N–H and O–H groups in total. The Morgan fingerprint density at radius 2 is 1.46 bits per heavy atom. The molecule has 2 saturated heterocycles. The zero-order chi connectivity index (χ0) is 58.3. The molecular formula is C60H84N12O7S2. The first-order chi connectivity index (χ1) is 38.5. The van der Waals surface area contributed by atoms with Crippen molar-refractivity contribution in [3.63, 3.8) is 0 Å². The minimum atomic E-state index is -3.71. The zero-order valence-electron chi connectivity index (χ0n) is 48.4. The molecule has 0 saturated carbocycles. The molecule has 19 nitrogen and oxygen atoms in total. The number of rotatable bonds is 26. The first-order valence-corrected chi connectivity index (χ1v) is 30.8. The summed E-state index contributed by atoms with van der Waals surface area (Å²) in [7, 11) is -3.71. The average Bonchev–Trinajstić information content (AvgIpc) is 4.04. The van der Waals surface area contributed by atoms with E-state index >= 15 is 0 Å². The number of thiazole rings is 1. The van der Waals surface area contributed by atoms with Crippen molar-refractivity contribution in [3.8, 4) is 10.4 Å². The van der Waals surface area contributed by atoms with Crippen LogP contribution in [-0.2, 0) is 35.7 Å². The van der Waals surface area contributed by atoms with Gasteiger partial charge in [0.25, 0.3) is 0 Å². The minimum Gasteiger partial charge on any atom is -0.391 e. The molecule has 0 unspecified atom stereocenters. The fraction of sp³-hybridized carbons (Fsp3) is 0.517. The van der Waals surface area contributed by atoms with Crippen molar-refractivity contribution in [2.75, 3.05) is 61.3 Å². The van der Waals surface area contributed by atoms with Gasteiger partial charge in [0, 0.05) is 93.0 Å². The Morgan fingerprint density at radius 3 is 2.11 bits per heavy atom. The number of aliphatic hydroxyl groups is 1. The van der Waals surface area contributed by atoms with Gasteiger partial charge in [-0.3, -0.25) is 24.1 Å². The van der Waals surface area contributed by atoms with Crippen molar-refractivity contribution in [1.82, 2.24) is 45.4 Å². The standard InChI is InChI=1S/C60H84N12O7S2/c1-41-36-63-58(68-55(41)65-46-18-17-19-49(34-46)81(78,79)69-60(6,7)8)66-45-25-27-47(28-26-45)71-32-30-70(31-33-71)39-52(75)61-29-16-14-12-10-9-11-13-15-20-51(74)67-54(59(3,4)5)57(77)72-38-48(73)35-50(72)56(76)62-37-43-21-23-44(24-22-43)53-42(2)64-40-80-53/h17-19,21-28,34,36,40,48,50,54,69,73H,9-16,20,29-33,35,37-39H2,1-8H3,(H,61,75)(H,62,76)(H,67,74)(H2,63,65,66,68)/t48-,50+,54-/m1/s1. The fourth-order valence-corrected chi connectivity index (χ4v) is 12.3. The molecule has 81 heavy (non-hydrogen) atoms. The van der Waals surface area contributed by atoms with Crippen LogP contribution in [0.15, 0.2) is 89.4 Å². The molecule has 2 fully saturated rings. The number of benzene rings is 3. The highest BCUT2D eigenvalue weighted by atomic mass is 32.2. The summed E-state index contributed by atoms with van der Waals surface area (Å²) in [5.74, 6) is 0.0972. The normalized spacial score (nSPS) is 16.5. The Kier molecular flexibility index (Phi) is 21.8. The van der Waals surface area contributed by atoms with Gasteiger partial charge in [-0.05, 0) is 106 Å². The Hall–Kier alpha value is -6.52. The molecule has 0 aliphatic carbocycles. The number of unbranched alkanes of at least 4 members (excludes halogenated alkanes) is 7. The van der Waals surface area contributed by atoms with E-state index in [4.69, 9.17) is 0 Å². The van der Waals surface area contributed by atoms with Crippen LogP contribution in [0.1, 0.15) is 123 Å². The third-order valence-corrected chi connectivity index (χ3v) is 17.1. The SMILES string of the molecule is Cc1cnc(Nc2ccc(N3CCN(CC(=O)NCCCCCCCCCCC(=O)N[C@H](C(=O)N4C[C@H](O)C[C@H]4C(=O)NCc4ccc(-c5scnc5C)cc4)C(C)(C)C)CC3)cc2)nc1Nc1cccc(S(=O)(=O)NC(C)(C)C)c1. The van der Waals surface area contributed by atoms with Gasteiger partial charge < -0.3 is 41.5 Å². The molecule has 21 heteroatoms. The van der Waals surface area contributed by atoms with Gasteiger partial charge in [-0.25, -0.2) is 23.1 Å². The van der Waals surface area contributed by atoms with E-state index in [1.807, 2.05) is 76.5 Å². The summed E-state index contributed by atoms with van der Waals surface area (Å²) in [6, 6.07) is 20.9. The molecule has 4 heterocycles. The number of carbonyl (C=O) groups is 4. The maximum atomic E-state index is 14.0. The molecule has 3 aromatic carbocycles. The number of hydrogen-bond donors (Lipinski definition) is 7. The predicted molar refractivity (Wildman–Crippen MR) is 321 cm³/mol. The van der Waals surface area contributed by atoms with E-state index in [0.29, 0.717) is 43.4 Å². The smallest absolute Gasteiger partial charge is 0.246 e. The van der Waals surface area contributed by atoms with E-state index in [1.54, 1.807) is 62.6 Å². The Bertz CT molecular complexity index is 3010. The molecular weight excluding hydrogens is 1060 g/mol. The van der Waals surface area contributed by atoms with E-state index in [2.05, 4.69) is 68.2 Å². The number of likely N-dealkylation sites (tertiary alicyclic amines) is 1. The summed E-state index contributed by atoms with van der Waals surface area (Å²) < 4.78 is 28.6. The number of piperazine rings is 1. The maximum absolute atomic E-state index is 14.0. The summed E-state index contributed by atoms with van der Waals surface area (Å²) in [4.78, 5) is 74.2. The minimum absolute atomic E-state index is 0.0285. The molecule has 0 spiro atoms. The van der Waals surface area contributed by atoms with Crippen LogP contribution in [0.25, 0.3) is 10.4 Å². The molecule has 3 atom stereocenters. The van der Waals surface area contributed by atoms with Crippen molar-refractivity contribution in [2.24, 2.45) is 5.41 Å². The van der Waals surface area contributed by atoms with Crippen LogP contribution >= 0.6 is 11.3 Å². The van der Waals surface area contributed by atoms with Crippen molar-refractivity contribution in [3.05, 3.63) is 101 Å². The number of aromatic nitrogens is 3. The highest BCUT2D eigenvalue weighted by Crippen LogP contribution is 2.30. The first kappa shape index (κ1) is 62.1. The summed E-state index contributed by atoms with van der Waals surface area (Å²) >= 11 is 1.58. The maximum Gasteiger partial charge on any atom is 0.246 e. The van der Waals surface area contributed by atoms with E-state index in [1.165, 1.54) is 4.90 Å². The number of amides is 4. The second-order valence-electron chi connectivity index (χ2n) is 23.5. The number of aryl methyl sites for hydroxylation is 2. The number of aliphatic hydroxyl groups excluding tert-OH is 1. The largest absolute Gasteiger partial charge is 0.391 e.